The Kier molecular flexibility index (Phi) is 22.7. The fourth-order valence-corrected chi connectivity index (χ4v) is 12.7. The van der Waals surface area contributed by atoms with Gasteiger partial charge in [-0.15, -0.1) is 0 Å². The number of amides is 6. The maximum atomic E-state index is 14.8. The van der Waals surface area contributed by atoms with Crippen LogP contribution in [-0.2, 0) is 32.0 Å². The van der Waals surface area contributed by atoms with Gasteiger partial charge in [0.05, 0.1) is 36.4 Å². The molecule has 16 nitrogen and oxygen atoms in total. The molecule has 4 fully saturated rings. The molecule has 4 aliphatic rings. The van der Waals surface area contributed by atoms with Gasteiger partial charge in [-0.2, -0.15) is 0 Å². The summed E-state index contributed by atoms with van der Waals surface area (Å²) in [5.41, 5.74) is 4.77. The molecule has 0 unspecified atom stereocenters. The number of nitrogens with one attached hydrogen (secondary N) is 4. The lowest BCUT2D eigenvalue weighted by molar-refractivity contribution is -0.144. The largest absolute Gasteiger partial charge is 0.393 e. The maximum absolute atomic E-state index is 14.8. The van der Waals surface area contributed by atoms with Crippen LogP contribution in [0.25, 0.3) is 11.1 Å². The summed E-state index contributed by atoms with van der Waals surface area (Å²) in [4.78, 5) is 93.2. The average Bonchev–Trinajstić information content (AvgIpc) is 3.58. The molecule has 0 radical (unpaired) electrons. The van der Waals surface area contributed by atoms with Crippen LogP contribution in [0, 0.1) is 11.8 Å². The first-order valence-electron chi connectivity index (χ1n) is 30.5. The quantitative estimate of drug-likeness (QED) is 0.0460. The van der Waals surface area contributed by atoms with Crippen LogP contribution >= 0.6 is 0 Å². The molecule has 2 saturated carbocycles. The van der Waals surface area contributed by atoms with Crippen molar-refractivity contribution in [1.82, 2.24) is 40.9 Å². The zero-order valence-electron chi connectivity index (χ0n) is 48.9. The Hall–Kier alpha value is -6.46. The Morgan fingerprint density at radius 1 is 0.500 bits per heavy atom. The minimum Gasteiger partial charge on any atom is -0.393 e. The van der Waals surface area contributed by atoms with Gasteiger partial charge in [0.25, 0.3) is 11.8 Å². The number of aliphatic hydroxyl groups is 2. The number of hydrogen-bond acceptors (Lipinski definition) is 10. The molecule has 6 amide bonds. The molecule has 16 heteroatoms. The predicted octanol–water partition coefficient (Wildman–Crippen LogP) is 6.77. The van der Waals surface area contributed by atoms with Gasteiger partial charge in [0.15, 0.2) is 0 Å². The molecular weight excluding hydrogens is 1030 g/mol. The third kappa shape index (κ3) is 16.4. The topological polar surface area (TPSA) is 204 Å². The van der Waals surface area contributed by atoms with E-state index in [2.05, 4.69) is 21.3 Å². The van der Waals surface area contributed by atoms with Crippen molar-refractivity contribution in [2.75, 3.05) is 53.4 Å². The molecule has 2 aliphatic heterocycles. The van der Waals surface area contributed by atoms with Crippen molar-refractivity contribution in [2.45, 2.75) is 165 Å². The summed E-state index contributed by atoms with van der Waals surface area (Å²) in [6.45, 7) is 5.37. The molecule has 6 N–H and O–H groups in total. The van der Waals surface area contributed by atoms with Crippen molar-refractivity contribution in [3.05, 3.63) is 131 Å². The van der Waals surface area contributed by atoms with Gasteiger partial charge in [-0.1, -0.05) is 123 Å². The first-order chi connectivity index (χ1) is 39.7. The van der Waals surface area contributed by atoms with E-state index in [1.165, 1.54) is 0 Å². The second-order valence-corrected chi connectivity index (χ2v) is 23.6. The SMILES string of the molecule is CN[C@@H](C)C(=O)N[C@H](C(=O)N1CC[C@@H](O)C[C@H]1CN(CCc1ccccc1)C(=O)c1ccc(-c2ccc(C(=O)N(CCc3ccccc3)C[C@@H]3C[C@H](O)CCN3C(=O)[C@@H](NC(=O)[C@H](C)NC)C3CCCCC3)cc2)cc1)C1CCCCC1. The molecule has 2 aliphatic carbocycles. The molecule has 0 aromatic heterocycles. The Bertz CT molecular complexity index is 2520. The van der Waals surface area contributed by atoms with Gasteiger partial charge < -0.3 is 51.1 Å². The Morgan fingerprint density at radius 2 is 0.854 bits per heavy atom. The van der Waals surface area contributed by atoms with Crippen molar-refractivity contribution in [2.24, 2.45) is 11.8 Å². The van der Waals surface area contributed by atoms with Crippen LogP contribution in [0.1, 0.15) is 136 Å². The van der Waals surface area contributed by atoms with Gasteiger partial charge in [0, 0.05) is 50.4 Å². The lowest BCUT2D eigenvalue weighted by atomic mass is 9.82. The smallest absolute Gasteiger partial charge is 0.253 e. The first-order valence-corrected chi connectivity index (χ1v) is 30.5. The van der Waals surface area contributed by atoms with E-state index in [1.807, 2.05) is 119 Å². The van der Waals surface area contributed by atoms with E-state index in [9.17, 15) is 39.0 Å². The van der Waals surface area contributed by atoms with Crippen molar-refractivity contribution < 1.29 is 39.0 Å². The van der Waals surface area contributed by atoms with Crippen LogP contribution in [0.4, 0.5) is 0 Å². The number of hydrogen-bond donors (Lipinski definition) is 6. The highest BCUT2D eigenvalue weighted by Gasteiger charge is 2.42. The molecule has 82 heavy (non-hydrogen) atoms. The summed E-state index contributed by atoms with van der Waals surface area (Å²) in [5, 5.41) is 34.4. The Morgan fingerprint density at radius 3 is 1.20 bits per heavy atom. The number of carbonyl (C=O) groups excluding carboxylic acids is 6. The predicted molar refractivity (Wildman–Crippen MR) is 320 cm³/mol. The van der Waals surface area contributed by atoms with Gasteiger partial charge >= 0.3 is 0 Å². The van der Waals surface area contributed by atoms with Crippen LogP contribution in [0.15, 0.2) is 109 Å². The molecule has 0 spiro atoms. The zero-order valence-corrected chi connectivity index (χ0v) is 48.9. The summed E-state index contributed by atoms with van der Waals surface area (Å²) in [6.07, 6.45) is 10.9. The standard InChI is InChI=1S/C66H90N8O8/c1-45(67-3)61(77)69-59(51-21-13-7-14-22-51)65(81)73-39-35-57(75)41-55(73)43-71(37-33-47-17-9-5-10-18-47)63(79)53-29-25-49(26-30-53)50-27-31-54(32-28-50)64(80)72(38-34-48-19-11-6-12-20-48)44-56-42-58(76)36-40-74(56)66(82)60(52-23-15-8-16-24-52)70-62(78)46(2)68-4/h5-6,9-12,17-20,25-32,45-46,51-52,55-60,67-68,75-76H,7-8,13-16,21-24,33-44H2,1-4H3,(H,69,77)(H,70,78)/t45-,46-,55-,56-,57+,58+,59-,60-/m0/s1. The third-order valence-corrected chi connectivity index (χ3v) is 18.0. The van der Waals surface area contributed by atoms with Crippen LogP contribution in [0.5, 0.6) is 0 Å². The van der Waals surface area contributed by atoms with Gasteiger partial charge in [-0.3, -0.25) is 28.8 Å². The van der Waals surface area contributed by atoms with E-state index >= 15 is 0 Å². The molecule has 8 rings (SSSR count). The molecule has 4 aromatic carbocycles. The second-order valence-electron chi connectivity index (χ2n) is 23.6. The highest BCUT2D eigenvalue weighted by molar-refractivity contribution is 5.96. The first kappa shape index (κ1) is 61.6. The zero-order chi connectivity index (χ0) is 58.1. The minimum atomic E-state index is -0.702. The maximum Gasteiger partial charge on any atom is 0.253 e. The molecule has 442 valence electrons. The minimum absolute atomic E-state index is 0.000797. The van der Waals surface area contributed by atoms with Crippen molar-refractivity contribution in [3.63, 3.8) is 0 Å². The number of likely N-dealkylation sites (tertiary alicyclic amines) is 2. The van der Waals surface area contributed by atoms with E-state index in [4.69, 9.17) is 0 Å². The van der Waals surface area contributed by atoms with Gasteiger partial charge in [0.2, 0.25) is 23.6 Å². The van der Waals surface area contributed by atoms with Crippen molar-refractivity contribution in [1.29, 1.82) is 0 Å². The van der Waals surface area contributed by atoms with Crippen molar-refractivity contribution >= 4 is 35.4 Å². The summed E-state index contributed by atoms with van der Waals surface area (Å²) >= 11 is 0. The molecule has 2 heterocycles. The van der Waals surface area contributed by atoms with Crippen LogP contribution < -0.4 is 21.3 Å². The highest BCUT2D eigenvalue weighted by Crippen LogP contribution is 2.32. The van der Waals surface area contributed by atoms with Gasteiger partial charge in [-0.05, 0) is 151 Å². The van der Waals surface area contributed by atoms with Crippen LogP contribution in [0.2, 0.25) is 0 Å². The van der Waals surface area contributed by atoms with Gasteiger partial charge in [-0.25, -0.2) is 0 Å². The monoisotopic (exact) mass is 1120 g/mol. The summed E-state index contributed by atoms with van der Waals surface area (Å²) < 4.78 is 0. The van der Waals surface area contributed by atoms with Gasteiger partial charge in [0.1, 0.15) is 12.1 Å². The Balaban J connectivity index is 1.00. The van der Waals surface area contributed by atoms with E-state index in [-0.39, 0.29) is 60.4 Å². The van der Waals surface area contributed by atoms with Crippen LogP contribution in [0.3, 0.4) is 0 Å². The molecule has 2 saturated heterocycles. The Labute approximate surface area is 486 Å². The average molecular weight is 1120 g/mol. The number of rotatable bonds is 23. The van der Waals surface area contributed by atoms with E-state index < -0.39 is 48.5 Å². The summed E-state index contributed by atoms with van der Waals surface area (Å²) in [5.74, 6) is -1.17. The number of piperidine rings is 2. The van der Waals surface area contributed by atoms with E-state index in [0.717, 1.165) is 86.5 Å². The molecular formula is C66H90N8O8. The van der Waals surface area contributed by atoms with E-state index in [1.54, 1.807) is 37.7 Å². The normalized spacial score (nSPS) is 21.3. The lowest BCUT2D eigenvalue weighted by Crippen LogP contribution is -2.61. The molecule has 4 aromatic rings. The van der Waals surface area contributed by atoms with Crippen molar-refractivity contribution in [3.8, 4) is 11.1 Å². The highest BCUT2D eigenvalue weighted by atomic mass is 16.3. The summed E-state index contributed by atoms with van der Waals surface area (Å²) in [6, 6.07) is 31.5. The van der Waals surface area contributed by atoms with E-state index in [0.29, 0.717) is 75.8 Å². The molecule has 0 bridgehead atoms. The number of nitrogens with zero attached hydrogens (tertiary/aromatic N) is 4. The number of benzene rings is 4. The van der Waals surface area contributed by atoms with Crippen LogP contribution in [-0.4, -0.2) is 167 Å². The third-order valence-electron chi connectivity index (χ3n) is 18.0. The second kappa shape index (κ2) is 30.2. The fraction of sp³-hybridized carbons (Fsp3) is 0.545. The number of likely N-dealkylation sites (N-methyl/N-ethyl adjacent to an activating group) is 2. The lowest BCUT2D eigenvalue weighted by Gasteiger charge is -2.43. The fourth-order valence-electron chi connectivity index (χ4n) is 12.7. The number of aliphatic hydroxyl groups excluding tert-OH is 2. The summed E-state index contributed by atoms with van der Waals surface area (Å²) in [7, 11) is 3.44. The number of carbonyl (C=O) groups is 6. The molecule has 8 atom stereocenters.